The number of likely N-dealkylation sites (tertiary alicyclic amines) is 1. The Balaban J connectivity index is 1.71. The minimum atomic E-state index is 0.432. The fourth-order valence-electron chi connectivity index (χ4n) is 3.56. The number of halogens is 1. The molecular weight excluding hydrogens is 406 g/mol. The fraction of sp³-hybridized carbons (Fsp3) is 0.500. The number of methoxy groups -OCH3 is 1. The van der Waals surface area contributed by atoms with Crippen LogP contribution in [0.5, 0.6) is 5.75 Å². The van der Waals surface area contributed by atoms with Crippen LogP contribution in [0.2, 0.25) is 0 Å². The molecule has 6 nitrogen and oxygen atoms in total. The van der Waals surface area contributed by atoms with Gasteiger partial charge in [0.15, 0.2) is 0 Å². The van der Waals surface area contributed by atoms with E-state index in [1.54, 1.807) is 13.4 Å². The van der Waals surface area contributed by atoms with Crippen LogP contribution in [0, 0.1) is 0 Å². The number of ether oxygens (including phenoxy) is 1. The van der Waals surface area contributed by atoms with Crippen molar-refractivity contribution in [3.63, 3.8) is 0 Å². The first-order chi connectivity index (χ1) is 13.0. The van der Waals surface area contributed by atoms with Gasteiger partial charge in [-0.1, -0.05) is 15.9 Å². The second-order valence-corrected chi connectivity index (χ2v) is 8.14. The van der Waals surface area contributed by atoms with Gasteiger partial charge in [0.25, 0.3) is 0 Å². The molecule has 1 aromatic heterocycles. The maximum absolute atomic E-state index is 5.54. The summed E-state index contributed by atoms with van der Waals surface area (Å²) in [5, 5.41) is 0. The van der Waals surface area contributed by atoms with Gasteiger partial charge in [-0.05, 0) is 37.6 Å². The summed E-state index contributed by atoms with van der Waals surface area (Å²) in [6, 6.07) is 8.68. The molecule has 0 aliphatic carbocycles. The Labute approximate surface area is 170 Å². The van der Waals surface area contributed by atoms with Crippen LogP contribution in [0.15, 0.2) is 35.1 Å². The van der Waals surface area contributed by atoms with Gasteiger partial charge < -0.3 is 14.5 Å². The predicted octanol–water partition coefficient (Wildman–Crippen LogP) is 3.41. The lowest BCUT2D eigenvalue weighted by atomic mass is 10.0. The zero-order valence-electron chi connectivity index (χ0n) is 16.5. The van der Waals surface area contributed by atoms with Gasteiger partial charge in [0.05, 0.1) is 7.11 Å². The summed E-state index contributed by atoms with van der Waals surface area (Å²) in [6.45, 7) is 3.00. The van der Waals surface area contributed by atoms with Gasteiger partial charge in [-0.3, -0.25) is 4.90 Å². The van der Waals surface area contributed by atoms with Crippen LogP contribution in [0.1, 0.15) is 18.4 Å². The number of hydrogen-bond donors (Lipinski definition) is 0. The number of anilines is 2. The first-order valence-electron chi connectivity index (χ1n) is 9.25. The van der Waals surface area contributed by atoms with Crippen LogP contribution in [0.3, 0.4) is 0 Å². The number of nitrogens with zero attached hydrogens (tertiary/aromatic N) is 5. The molecule has 1 aliphatic rings. The van der Waals surface area contributed by atoms with Crippen LogP contribution in [-0.4, -0.2) is 62.3 Å². The third-order valence-corrected chi connectivity index (χ3v) is 5.62. The molecule has 0 amide bonds. The molecule has 2 heterocycles. The predicted molar refractivity (Wildman–Crippen MR) is 114 cm³/mol. The third-order valence-electron chi connectivity index (χ3n) is 5.12. The Morgan fingerprint density at radius 1 is 1.19 bits per heavy atom. The summed E-state index contributed by atoms with van der Waals surface area (Å²) in [5.74, 6) is 2.85. The first-order valence-corrected chi connectivity index (χ1v) is 10.0. The lowest BCUT2D eigenvalue weighted by molar-refractivity contribution is 0.196. The quantitative estimate of drug-likeness (QED) is 0.695. The van der Waals surface area contributed by atoms with E-state index in [1.807, 2.05) is 31.1 Å². The monoisotopic (exact) mass is 433 g/mol. The molecule has 1 atom stereocenters. The van der Waals surface area contributed by atoms with Crippen LogP contribution in [-0.2, 0) is 6.54 Å². The molecule has 2 aromatic rings. The van der Waals surface area contributed by atoms with Crippen molar-refractivity contribution in [2.45, 2.75) is 25.4 Å². The Morgan fingerprint density at radius 3 is 2.70 bits per heavy atom. The molecule has 1 aliphatic heterocycles. The minimum Gasteiger partial charge on any atom is -0.496 e. The number of likely N-dealkylation sites (N-methyl/N-ethyl adjacent to an activating group) is 1. The molecule has 3 rings (SSSR count). The molecular formula is C20H28BrN5O. The second kappa shape index (κ2) is 8.89. The van der Waals surface area contributed by atoms with Crippen molar-refractivity contribution in [2.75, 3.05) is 51.1 Å². The SMILES string of the molecule is COc1ccc(Br)cc1CN1CCCC(N(C)c2cc(N(C)C)ncn2)C1. The summed E-state index contributed by atoms with van der Waals surface area (Å²) >= 11 is 3.57. The molecule has 7 heteroatoms. The maximum Gasteiger partial charge on any atom is 0.134 e. The lowest BCUT2D eigenvalue weighted by Crippen LogP contribution is -2.46. The number of piperidine rings is 1. The largest absolute Gasteiger partial charge is 0.496 e. The lowest BCUT2D eigenvalue weighted by Gasteiger charge is -2.38. The van der Waals surface area contributed by atoms with Crippen molar-refractivity contribution >= 4 is 27.6 Å². The van der Waals surface area contributed by atoms with E-state index in [2.05, 4.69) is 54.9 Å². The fourth-order valence-corrected chi connectivity index (χ4v) is 3.97. The van der Waals surface area contributed by atoms with Crippen LogP contribution in [0.25, 0.3) is 0 Å². The van der Waals surface area contributed by atoms with Crippen LogP contribution >= 0.6 is 15.9 Å². The molecule has 1 saturated heterocycles. The summed E-state index contributed by atoms with van der Waals surface area (Å²) in [7, 11) is 7.87. The van der Waals surface area contributed by atoms with Gasteiger partial charge in [-0.25, -0.2) is 9.97 Å². The molecule has 0 bridgehead atoms. The van der Waals surface area contributed by atoms with E-state index in [9.17, 15) is 0 Å². The highest BCUT2D eigenvalue weighted by atomic mass is 79.9. The van der Waals surface area contributed by atoms with Crippen molar-refractivity contribution in [3.05, 3.63) is 40.6 Å². The third kappa shape index (κ3) is 4.90. The molecule has 1 fully saturated rings. The van der Waals surface area contributed by atoms with Crippen LogP contribution < -0.4 is 14.5 Å². The van der Waals surface area contributed by atoms with Gasteiger partial charge in [0, 0.05) is 56.4 Å². The highest BCUT2D eigenvalue weighted by Crippen LogP contribution is 2.27. The summed E-state index contributed by atoms with van der Waals surface area (Å²) in [6.07, 6.45) is 4.00. The van der Waals surface area contributed by atoms with Crippen molar-refractivity contribution < 1.29 is 4.74 Å². The summed E-state index contributed by atoms with van der Waals surface area (Å²) < 4.78 is 6.63. The molecule has 1 aromatic carbocycles. The number of rotatable bonds is 6. The van der Waals surface area contributed by atoms with E-state index >= 15 is 0 Å². The Kier molecular flexibility index (Phi) is 6.55. The zero-order valence-corrected chi connectivity index (χ0v) is 18.1. The molecule has 0 radical (unpaired) electrons. The van der Waals surface area contributed by atoms with Crippen molar-refractivity contribution in [2.24, 2.45) is 0 Å². The van der Waals surface area contributed by atoms with E-state index in [1.165, 1.54) is 18.4 Å². The van der Waals surface area contributed by atoms with E-state index in [0.29, 0.717) is 6.04 Å². The zero-order chi connectivity index (χ0) is 19.4. The van der Waals surface area contributed by atoms with Gasteiger partial charge in [0.1, 0.15) is 23.7 Å². The smallest absolute Gasteiger partial charge is 0.134 e. The summed E-state index contributed by atoms with van der Waals surface area (Å²) in [4.78, 5) is 15.6. The highest BCUT2D eigenvalue weighted by molar-refractivity contribution is 9.10. The molecule has 0 N–H and O–H groups in total. The molecule has 0 spiro atoms. The number of hydrogen-bond acceptors (Lipinski definition) is 6. The van der Waals surface area contributed by atoms with E-state index in [-0.39, 0.29) is 0 Å². The summed E-state index contributed by atoms with van der Waals surface area (Å²) in [5.41, 5.74) is 1.21. The average Bonchev–Trinajstić information content (AvgIpc) is 2.68. The van der Waals surface area contributed by atoms with Gasteiger partial charge >= 0.3 is 0 Å². The van der Waals surface area contributed by atoms with Crippen molar-refractivity contribution in [1.82, 2.24) is 14.9 Å². The molecule has 146 valence electrons. The van der Waals surface area contributed by atoms with E-state index in [0.717, 1.165) is 41.5 Å². The average molecular weight is 434 g/mol. The van der Waals surface area contributed by atoms with E-state index < -0.39 is 0 Å². The normalized spacial score (nSPS) is 17.6. The Morgan fingerprint density at radius 2 is 1.96 bits per heavy atom. The van der Waals surface area contributed by atoms with Crippen LogP contribution in [0.4, 0.5) is 11.6 Å². The molecule has 1 unspecified atom stereocenters. The van der Waals surface area contributed by atoms with Crippen molar-refractivity contribution in [1.29, 1.82) is 0 Å². The topological polar surface area (TPSA) is 44.7 Å². The number of benzene rings is 1. The van der Waals surface area contributed by atoms with Crippen molar-refractivity contribution in [3.8, 4) is 5.75 Å². The van der Waals surface area contributed by atoms with Gasteiger partial charge in [-0.15, -0.1) is 0 Å². The second-order valence-electron chi connectivity index (χ2n) is 7.23. The number of aromatic nitrogens is 2. The maximum atomic E-state index is 5.54. The molecule has 27 heavy (non-hydrogen) atoms. The Hall–Kier alpha value is -1.86. The van der Waals surface area contributed by atoms with Gasteiger partial charge in [0.2, 0.25) is 0 Å². The standard InChI is InChI=1S/C20H28BrN5O/c1-24(2)19-11-20(23-14-22-19)25(3)17-6-5-9-26(13-17)12-15-10-16(21)7-8-18(15)27-4/h7-8,10-11,14,17H,5-6,9,12-13H2,1-4H3. The molecule has 0 saturated carbocycles. The first kappa shape index (κ1) is 19.9. The van der Waals surface area contributed by atoms with E-state index in [4.69, 9.17) is 4.74 Å². The minimum absolute atomic E-state index is 0.432. The highest BCUT2D eigenvalue weighted by Gasteiger charge is 2.25. The Bertz CT molecular complexity index is 770. The van der Waals surface area contributed by atoms with Gasteiger partial charge in [-0.2, -0.15) is 0 Å².